The topological polar surface area (TPSA) is 76.9 Å². The molecule has 1 aliphatic carbocycles. The molecule has 0 spiro atoms. The molecule has 0 radical (unpaired) electrons. The van der Waals surface area contributed by atoms with Crippen LogP contribution in [0.25, 0.3) is 10.2 Å². The molecule has 2 heterocycles. The summed E-state index contributed by atoms with van der Waals surface area (Å²) < 4.78 is 1.18. The summed E-state index contributed by atoms with van der Waals surface area (Å²) in [7, 11) is 0. The lowest BCUT2D eigenvalue weighted by Gasteiger charge is -2.17. The van der Waals surface area contributed by atoms with Crippen LogP contribution in [0, 0.1) is 5.92 Å². The first kappa shape index (κ1) is 17.9. The van der Waals surface area contributed by atoms with E-state index in [0.717, 1.165) is 30.4 Å². The van der Waals surface area contributed by atoms with Gasteiger partial charge in [0.15, 0.2) is 4.83 Å². The van der Waals surface area contributed by atoms with Crippen LogP contribution in [0.4, 0.5) is 0 Å². The fraction of sp³-hybridized carbons (Fsp3) is 0.400. The highest BCUT2D eigenvalue weighted by Gasteiger charge is 2.24. The van der Waals surface area contributed by atoms with Gasteiger partial charge in [-0.15, -0.1) is 16.4 Å². The van der Waals surface area contributed by atoms with Crippen molar-refractivity contribution in [3.8, 4) is 0 Å². The first-order chi connectivity index (χ1) is 13.0. The summed E-state index contributed by atoms with van der Waals surface area (Å²) in [5, 5.41) is 11.8. The number of amides is 1. The van der Waals surface area contributed by atoms with Gasteiger partial charge >= 0.3 is 0 Å². The number of nitrogens with one attached hydrogen (secondary N) is 1. The van der Waals surface area contributed by atoms with Crippen LogP contribution >= 0.6 is 11.3 Å². The van der Waals surface area contributed by atoms with Gasteiger partial charge in [0.1, 0.15) is 6.54 Å². The largest absolute Gasteiger partial charge is 0.348 e. The maximum atomic E-state index is 12.9. The lowest BCUT2D eigenvalue weighted by atomic mass is 9.89. The molecule has 6 nitrogen and oxygen atoms in total. The van der Waals surface area contributed by atoms with Crippen molar-refractivity contribution < 1.29 is 4.79 Å². The van der Waals surface area contributed by atoms with E-state index in [0.29, 0.717) is 16.1 Å². The minimum absolute atomic E-state index is 0.125. The molecule has 0 saturated heterocycles. The summed E-state index contributed by atoms with van der Waals surface area (Å²) >= 11 is 1.57. The number of carbonyl (C=O) groups excluding carboxylic acids is 1. The molecule has 0 fully saturated rings. The van der Waals surface area contributed by atoms with Gasteiger partial charge in [0.2, 0.25) is 5.91 Å². The van der Waals surface area contributed by atoms with Crippen molar-refractivity contribution in [1.29, 1.82) is 0 Å². The first-order valence-corrected chi connectivity index (χ1v) is 10.1. The summed E-state index contributed by atoms with van der Waals surface area (Å²) in [6.07, 6.45) is 2.97. The van der Waals surface area contributed by atoms with Gasteiger partial charge < -0.3 is 5.32 Å². The summed E-state index contributed by atoms with van der Waals surface area (Å²) in [4.78, 5) is 27.3. The zero-order valence-electron chi connectivity index (χ0n) is 15.4. The smallest absolute Gasteiger partial charge is 0.279 e. The molecule has 0 aliphatic heterocycles. The van der Waals surface area contributed by atoms with Crippen LogP contribution in [-0.4, -0.2) is 20.9 Å². The van der Waals surface area contributed by atoms with Crippen molar-refractivity contribution in [3.05, 3.63) is 56.7 Å². The predicted molar refractivity (Wildman–Crippen MR) is 106 cm³/mol. The molecule has 3 aromatic rings. The predicted octanol–water partition coefficient (Wildman–Crippen LogP) is 2.86. The number of hydrogen-bond acceptors (Lipinski definition) is 5. The molecule has 4 rings (SSSR count). The maximum absolute atomic E-state index is 12.9. The third kappa shape index (κ3) is 3.51. The Labute approximate surface area is 161 Å². The minimum atomic E-state index is -0.250. The normalized spacial score (nSPS) is 17.5. The van der Waals surface area contributed by atoms with E-state index in [1.807, 2.05) is 37.3 Å². The summed E-state index contributed by atoms with van der Waals surface area (Å²) in [6, 6.07) is 9.58. The number of carbonyl (C=O) groups is 1. The van der Waals surface area contributed by atoms with E-state index in [4.69, 9.17) is 0 Å². The number of thiophene rings is 1. The third-order valence-corrected chi connectivity index (χ3v) is 6.29. The molecular formula is C20H22N4O2S. The molecule has 1 aliphatic rings. The van der Waals surface area contributed by atoms with Gasteiger partial charge in [-0.3, -0.25) is 9.59 Å². The van der Waals surface area contributed by atoms with Gasteiger partial charge in [-0.25, -0.2) is 4.68 Å². The van der Waals surface area contributed by atoms with E-state index in [-0.39, 0.29) is 24.1 Å². The number of rotatable bonds is 4. The zero-order chi connectivity index (χ0) is 19.0. The first-order valence-electron chi connectivity index (χ1n) is 9.25. The standard InChI is InChI=1S/C20H22N4O2S/c1-12-8-9-15-16(10-12)27-19-18(15)20(26)24(23-22-19)11-17(25)21-13(2)14-6-4-3-5-7-14/h3-7,12-13H,8-11H2,1-2H3,(H,21,25)/t12-,13-/m1/s1. The van der Waals surface area contributed by atoms with Crippen LogP contribution in [0.5, 0.6) is 0 Å². The maximum Gasteiger partial charge on any atom is 0.279 e. The average molecular weight is 382 g/mol. The quantitative estimate of drug-likeness (QED) is 0.753. The van der Waals surface area contributed by atoms with E-state index in [9.17, 15) is 9.59 Å². The van der Waals surface area contributed by atoms with E-state index in [1.165, 1.54) is 9.56 Å². The zero-order valence-corrected chi connectivity index (χ0v) is 16.3. The number of aromatic nitrogens is 3. The van der Waals surface area contributed by atoms with Crippen LogP contribution in [0.2, 0.25) is 0 Å². The second-order valence-electron chi connectivity index (χ2n) is 7.28. The highest BCUT2D eigenvalue weighted by atomic mass is 32.1. The highest BCUT2D eigenvalue weighted by molar-refractivity contribution is 7.18. The second kappa shape index (κ2) is 7.23. The summed E-state index contributed by atoms with van der Waals surface area (Å²) in [5.41, 5.74) is 1.91. The summed E-state index contributed by atoms with van der Waals surface area (Å²) in [5.74, 6) is 0.380. The van der Waals surface area contributed by atoms with Crippen molar-refractivity contribution in [2.45, 2.75) is 45.7 Å². The second-order valence-corrected chi connectivity index (χ2v) is 8.37. The fourth-order valence-corrected chi connectivity index (χ4v) is 4.96. The molecule has 2 atom stereocenters. The molecule has 1 aromatic carbocycles. The van der Waals surface area contributed by atoms with Gasteiger partial charge in [-0.2, -0.15) is 0 Å². The van der Waals surface area contributed by atoms with Gasteiger partial charge in [0.25, 0.3) is 5.56 Å². The minimum Gasteiger partial charge on any atom is -0.348 e. The van der Waals surface area contributed by atoms with Crippen LogP contribution in [0.15, 0.2) is 35.1 Å². The molecule has 1 N–H and O–H groups in total. The van der Waals surface area contributed by atoms with E-state index >= 15 is 0 Å². The molecule has 1 amide bonds. The molecular weight excluding hydrogens is 360 g/mol. The monoisotopic (exact) mass is 382 g/mol. The van der Waals surface area contributed by atoms with E-state index in [2.05, 4.69) is 22.6 Å². The Balaban J connectivity index is 1.56. The average Bonchev–Trinajstić information content (AvgIpc) is 3.02. The number of nitrogens with zero attached hydrogens (tertiary/aromatic N) is 3. The van der Waals surface area contributed by atoms with Crippen LogP contribution in [0.3, 0.4) is 0 Å². The van der Waals surface area contributed by atoms with E-state index in [1.54, 1.807) is 11.3 Å². The van der Waals surface area contributed by atoms with Crippen molar-refractivity contribution >= 4 is 27.5 Å². The number of benzene rings is 1. The Bertz CT molecular complexity index is 1040. The fourth-order valence-electron chi connectivity index (χ4n) is 3.64. The van der Waals surface area contributed by atoms with Crippen molar-refractivity contribution in [1.82, 2.24) is 20.3 Å². The van der Waals surface area contributed by atoms with Crippen molar-refractivity contribution in [3.63, 3.8) is 0 Å². The van der Waals surface area contributed by atoms with E-state index < -0.39 is 0 Å². The number of hydrogen-bond donors (Lipinski definition) is 1. The van der Waals surface area contributed by atoms with Gasteiger partial charge in [0.05, 0.1) is 11.4 Å². The molecule has 0 unspecified atom stereocenters. The molecule has 2 aromatic heterocycles. The van der Waals surface area contributed by atoms with Gasteiger partial charge in [0, 0.05) is 4.88 Å². The van der Waals surface area contributed by atoms with Crippen molar-refractivity contribution in [2.75, 3.05) is 0 Å². The van der Waals surface area contributed by atoms with Crippen LogP contribution < -0.4 is 10.9 Å². The lowest BCUT2D eigenvalue weighted by Crippen LogP contribution is -2.35. The molecule has 27 heavy (non-hydrogen) atoms. The SMILES string of the molecule is C[C@@H]1CCc2c(sc3nnn(CC(=O)N[C@H](C)c4ccccc4)c(=O)c23)C1. The Kier molecular flexibility index (Phi) is 4.78. The highest BCUT2D eigenvalue weighted by Crippen LogP contribution is 2.35. The van der Waals surface area contributed by atoms with Crippen LogP contribution in [0.1, 0.15) is 42.3 Å². The Morgan fingerprint density at radius 2 is 2.15 bits per heavy atom. The Morgan fingerprint density at radius 1 is 1.37 bits per heavy atom. The molecule has 0 saturated carbocycles. The summed E-state index contributed by atoms with van der Waals surface area (Å²) in [6.45, 7) is 4.02. The molecule has 7 heteroatoms. The lowest BCUT2D eigenvalue weighted by molar-refractivity contribution is -0.122. The van der Waals surface area contributed by atoms with Gasteiger partial charge in [-0.05, 0) is 43.2 Å². The molecule has 0 bridgehead atoms. The third-order valence-electron chi connectivity index (χ3n) is 5.16. The van der Waals surface area contributed by atoms with Crippen LogP contribution in [-0.2, 0) is 24.2 Å². The Hall–Kier alpha value is -2.54. The Morgan fingerprint density at radius 3 is 2.93 bits per heavy atom. The number of fused-ring (bicyclic) bond motifs is 3. The van der Waals surface area contributed by atoms with Crippen molar-refractivity contribution in [2.24, 2.45) is 5.92 Å². The van der Waals surface area contributed by atoms with Gasteiger partial charge in [-0.1, -0.05) is 42.5 Å². The molecule has 140 valence electrons. The number of aryl methyl sites for hydroxylation is 1.